The van der Waals surface area contributed by atoms with Crippen LogP contribution in [-0.4, -0.2) is 38.1 Å². The molecule has 4 heteroatoms. The first-order valence-corrected chi connectivity index (χ1v) is 5.49. The Kier molecular flexibility index (Phi) is 3.51. The maximum atomic E-state index is 5.84. The van der Waals surface area contributed by atoms with Gasteiger partial charge in [0.2, 0.25) is 0 Å². The van der Waals surface area contributed by atoms with Crippen molar-refractivity contribution in [2.45, 2.75) is 30.8 Å². The summed E-state index contributed by atoms with van der Waals surface area (Å²) in [5, 5.41) is 0. The number of hydrogen-bond donors (Lipinski definition) is 0. The normalized spacial score (nSPS) is 40.7. The Hall–Kier alpha value is -1.00. The summed E-state index contributed by atoms with van der Waals surface area (Å²) in [4.78, 5) is 0. The molecule has 0 saturated carbocycles. The largest absolute Gasteiger partial charge is 0.501 e. The van der Waals surface area contributed by atoms with Crippen molar-refractivity contribution >= 4 is 0 Å². The molecule has 2 bridgehead atoms. The lowest BCUT2D eigenvalue weighted by Gasteiger charge is -2.30. The van der Waals surface area contributed by atoms with Gasteiger partial charge in [0.25, 0.3) is 0 Å². The van der Waals surface area contributed by atoms with Crippen LogP contribution in [0.3, 0.4) is 0 Å². The highest BCUT2D eigenvalue weighted by atomic mass is 16.6. The molecule has 0 spiro atoms. The Bertz CT molecular complexity index is 266. The molecule has 2 rings (SSSR count). The van der Waals surface area contributed by atoms with Gasteiger partial charge in [0.15, 0.2) is 6.10 Å². The highest BCUT2D eigenvalue weighted by Gasteiger charge is 2.55. The van der Waals surface area contributed by atoms with Crippen molar-refractivity contribution in [2.24, 2.45) is 5.92 Å². The van der Waals surface area contributed by atoms with E-state index < -0.39 is 0 Å². The maximum Gasteiger partial charge on any atom is 0.152 e. The van der Waals surface area contributed by atoms with Crippen molar-refractivity contribution < 1.29 is 18.9 Å². The van der Waals surface area contributed by atoms with Crippen LogP contribution in [0.4, 0.5) is 0 Å². The lowest BCUT2D eigenvalue weighted by molar-refractivity contribution is -0.0461. The molecule has 2 heterocycles. The molecule has 0 aromatic carbocycles. The van der Waals surface area contributed by atoms with Crippen LogP contribution in [0.2, 0.25) is 0 Å². The van der Waals surface area contributed by atoms with Gasteiger partial charge < -0.3 is 18.9 Å². The predicted molar refractivity (Wildman–Crippen MR) is 58.8 cm³/mol. The fourth-order valence-corrected chi connectivity index (χ4v) is 2.66. The molecule has 0 amide bonds. The Balaban J connectivity index is 1.98. The van der Waals surface area contributed by atoms with Gasteiger partial charge in [-0.05, 0) is 6.42 Å². The molecule has 2 aliphatic heterocycles. The first-order chi connectivity index (χ1) is 7.81. The van der Waals surface area contributed by atoms with Crippen molar-refractivity contribution in [3.63, 3.8) is 0 Å². The Morgan fingerprint density at radius 1 is 1.31 bits per heavy atom. The second kappa shape index (κ2) is 4.89. The summed E-state index contributed by atoms with van der Waals surface area (Å²) in [6, 6.07) is 0. The number of methoxy groups -OCH3 is 1. The van der Waals surface area contributed by atoms with E-state index in [2.05, 4.69) is 13.2 Å². The molecule has 4 nitrogen and oxygen atoms in total. The van der Waals surface area contributed by atoms with E-state index in [4.69, 9.17) is 18.9 Å². The Morgan fingerprint density at radius 3 is 2.75 bits per heavy atom. The van der Waals surface area contributed by atoms with E-state index in [9.17, 15) is 0 Å². The molecule has 90 valence electrons. The summed E-state index contributed by atoms with van der Waals surface area (Å²) < 4.78 is 22.0. The van der Waals surface area contributed by atoms with E-state index in [0.717, 1.165) is 6.42 Å². The van der Waals surface area contributed by atoms with Crippen molar-refractivity contribution in [3.8, 4) is 0 Å². The fraction of sp³-hybridized carbons (Fsp3) is 0.667. The number of ether oxygens (including phenoxy) is 4. The van der Waals surface area contributed by atoms with Gasteiger partial charge in [0, 0.05) is 13.0 Å². The zero-order valence-corrected chi connectivity index (χ0v) is 9.50. The van der Waals surface area contributed by atoms with Gasteiger partial charge in [-0.2, -0.15) is 0 Å². The Morgan fingerprint density at radius 2 is 2.12 bits per heavy atom. The molecule has 0 aliphatic carbocycles. The molecular formula is C12H18O4. The second-order valence-electron chi connectivity index (χ2n) is 4.10. The lowest BCUT2D eigenvalue weighted by Crippen LogP contribution is -2.44. The van der Waals surface area contributed by atoms with Crippen LogP contribution in [0.1, 0.15) is 6.42 Å². The topological polar surface area (TPSA) is 36.9 Å². The molecule has 0 aromatic heterocycles. The first-order valence-electron chi connectivity index (χ1n) is 5.49. The van der Waals surface area contributed by atoms with Crippen LogP contribution in [0.15, 0.2) is 25.7 Å². The highest BCUT2D eigenvalue weighted by Crippen LogP contribution is 2.42. The monoisotopic (exact) mass is 226 g/mol. The predicted octanol–water partition coefficient (Wildman–Crippen LogP) is 1.48. The molecule has 5 atom stereocenters. The summed E-state index contributed by atoms with van der Waals surface area (Å²) >= 11 is 0. The van der Waals surface area contributed by atoms with Gasteiger partial charge in [-0.25, -0.2) is 0 Å². The fourth-order valence-electron chi connectivity index (χ4n) is 2.66. The minimum Gasteiger partial charge on any atom is -0.501 e. The van der Waals surface area contributed by atoms with Crippen molar-refractivity contribution in [1.29, 1.82) is 0 Å². The van der Waals surface area contributed by atoms with Gasteiger partial charge in [-0.1, -0.05) is 13.2 Å². The van der Waals surface area contributed by atoms with E-state index in [1.807, 2.05) is 0 Å². The highest BCUT2D eigenvalue weighted by molar-refractivity contribution is 5.03. The molecule has 0 aromatic rings. The molecule has 2 fully saturated rings. The van der Waals surface area contributed by atoms with Crippen LogP contribution in [0.25, 0.3) is 0 Å². The molecule has 2 aliphatic rings. The second-order valence-corrected chi connectivity index (χ2v) is 4.10. The lowest BCUT2D eigenvalue weighted by atomic mass is 9.85. The Labute approximate surface area is 95.8 Å². The molecular weight excluding hydrogens is 208 g/mol. The van der Waals surface area contributed by atoms with E-state index in [1.54, 1.807) is 7.11 Å². The van der Waals surface area contributed by atoms with Gasteiger partial charge in [-0.3, -0.25) is 0 Å². The van der Waals surface area contributed by atoms with Crippen LogP contribution < -0.4 is 0 Å². The smallest absolute Gasteiger partial charge is 0.152 e. The quantitative estimate of drug-likeness (QED) is 0.643. The number of rotatable bonds is 6. The van der Waals surface area contributed by atoms with Crippen LogP contribution in [0, 0.1) is 5.92 Å². The van der Waals surface area contributed by atoms with Crippen LogP contribution >= 0.6 is 0 Å². The van der Waals surface area contributed by atoms with Crippen molar-refractivity contribution in [3.05, 3.63) is 25.7 Å². The number of hydrogen-bond acceptors (Lipinski definition) is 4. The summed E-state index contributed by atoms with van der Waals surface area (Å²) in [7, 11) is 1.68. The molecule has 5 unspecified atom stereocenters. The third-order valence-electron chi connectivity index (χ3n) is 3.30. The van der Waals surface area contributed by atoms with E-state index in [1.165, 1.54) is 12.5 Å². The third-order valence-corrected chi connectivity index (χ3v) is 3.30. The zero-order valence-electron chi connectivity index (χ0n) is 9.50. The zero-order chi connectivity index (χ0) is 11.5. The SMILES string of the molecule is C=COCC1CC2OC1C(OC)C2OC=C. The van der Waals surface area contributed by atoms with E-state index in [-0.39, 0.29) is 24.4 Å². The molecule has 2 saturated heterocycles. The van der Waals surface area contributed by atoms with Crippen molar-refractivity contribution in [2.75, 3.05) is 13.7 Å². The molecule has 0 N–H and O–H groups in total. The molecule has 16 heavy (non-hydrogen) atoms. The van der Waals surface area contributed by atoms with Crippen LogP contribution in [0.5, 0.6) is 0 Å². The average Bonchev–Trinajstić information content (AvgIpc) is 2.84. The molecule has 0 radical (unpaired) electrons. The average molecular weight is 226 g/mol. The standard InChI is InChI=1S/C12H18O4/c1-4-14-7-8-6-9-11(15-5-2)12(13-3)10(8)16-9/h4-5,8-12H,1-2,6-7H2,3H3. The number of fused-ring (bicyclic) bond motifs is 2. The van der Waals surface area contributed by atoms with Crippen LogP contribution in [-0.2, 0) is 18.9 Å². The van der Waals surface area contributed by atoms with E-state index in [0.29, 0.717) is 12.5 Å². The minimum absolute atomic E-state index is 0.0323. The van der Waals surface area contributed by atoms with E-state index >= 15 is 0 Å². The summed E-state index contributed by atoms with van der Waals surface area (Å²) in [5.74, 6) is 0.359. The van der Waals surface area contributed by atoms with Gasteiger partial charge in [0.05, 0.1) is 31.3 Å². The summed E-state index contributed by atoms with van der Waals surface area (Å²) in [6.45, 7) is 7.74. The van der Waals surface area contributed by atoms with Gasteiger partial charge >= 0.3 is 0 Å². The maximum absolute atomic E-state index is 5.84. The van der Waals surface area contributed by atoms with Gasteiger partial charge in [-0.15, -0.1) is 0 Å². The minimum atomic E-state index is -0.0347. The van der Waals surface area contributed by atoms with Crippen molar-refractivity contribution in [1.82, 2.24) is 0 Å². The van der Waals surface area contributed by atoms with Gasteiger partial charge in [0.1, 0.15) is 6.10 Å². The first kappa shape index (κ1) is 11.5. The third kappa shape index (κ3) is 1.83. The summed E-state index contributed by atoms with van der Waals surface area (Å²) in [6.07, 6.45) is 3.94. The summed E-state index contributed by atoms with van der Waals surface area (Å²) in [5.41, 5.74) is 0.